The molecule has 1 aliphatic heterocycles. The number of anilines is 1. The monoisotopic (exact) mass is 396 g/mol. The van der Waals surface area contributed by atoms with Crippen molar-refractivity contribution >= 4 is 29.0 Å². The molecule has 144 valence electrons. The van der Waals surface area contributed by atoms with Crippen LogP contribution in [0.3, 0.4) is 0 Å². The summed E-state index contributed by atoms with van der Waals surface area (Å²) < 4.78 is 7.15. The number of hydrogen-bond donors (Lipinski definition) is 0. The molecule has 0 aromatic carbocycles. The van der Waals surface area contributed by atoms with E-state index in [9.17, 15) is 9.59 Å². The molecule has 1 aliphatic rings. The lowest BCUT2D eigenvalue weighted by atomic mass is 10.3. The molecule has 1 amide bonds. The second kappa shape index (κ2) is 8.26. The Kier molecular flexibility index (Phi) is 5.38. The second-order valence-electron chi connectivity index (χ2n) is 6.36. The fraction of sp³-hybridized carbons (Fsp3) is 0.250. The number of carbonyl (C=O) groups excluding carboxylic acids is 2. The van der Waals surface area contributed by atoms with Crippen LogP contribution in [-0.4, -0.2) is 59.1 Å². The van der Waals surface area contributed by atoms with E-state index in [0.29, 0.717) is 31.1 Å². The fourth-order valence-corrected chi connectivity index (χ4v) is 3.95. The summed E-state index contributed by atoms with van der Waals surface area (Å²) in [5.74, 6) is 0.267. The van der Waals surface area contributed by atoms with Crippen LogP contribution in [0.15, 0.2) is 60.4 Å². The Morgan fingerprint density at radius 2 is 1.82 bits per heavy atom. The van der Waals surface area contributed by atoms with E-state index in [4.69, 9.17) is 4.74 Å². The van der Waals surface area contributed by atoms with Crippen molar-refractivity contribution in [3.8, 4) is 5.69 Å². The van der Waals surface area contributed by atoms with Crippen LogP contribution in [0, 0.1) is 0 Å². The van der Waals surface area contributed by atoms with Gasteiger partial charge in [-0.05, 0) is 35.7 Å². The molecule has 1 fully saturated rings. The number of ether oxygens (including phenoxy) is 1. The van der Waals surface area contributed by atoms with Crippen molar-refractivity contribution in [3.63, 3.8) is 0 Å². The zero-order valence-corrected chi connectivity index (χ0v) is 16.0. The lowest BCUT2D eigenvalue weighted by Gasteiger charge is -2.35. The van der Waals surface area contributed by atoms with Crippen LogP contribution >= 0.6 is 11.3 Å². The summed E-state index contributed by atoms with van der Waals surface area (Å²) in [7, 11) is 0. The SMILES string of the molecule is O=C(OCC(=O)N1CCN(c2ccccn2)CC1)c1sccc1-n1cccc1. The number of carbonyl (C=O) groups is 2. The van der Waals surface area contributed by atoms with Crippen LogP contribution in [0.25, 0.3) is 5.69 Å². The van der Waals surface area contributed by atoms with Crippen LogP contribution in [-0.2, 0) is 9.53 Å². The number of nitrogens with zero attached hydrogens (tertiary/aromatic N) is 4. The Labute approximate surface area is 166 Å². The van der Waals surface area contributed by atoms with Crippen molar-refractivity contribution in [1.82, 2.24) is 14.5 Å². The molecule has 0 saturated carbocycles. The van der Waals surface area contributed by atoms with Crippen LogP contribution in [0.5, 0.6) is 0 Å². The van der Waals surface area contributed by atoms with Crippen molar-refractivity contribution in [2.75, 3.05) is 37.7 Å². The van der Waals surface area contributed by atoms with E-state index in [0.717, 1.165) is 11.5 Å². The molecule has 0 spiro atoms. The molecule has 0 unspecified atom stereocenters. The van der Waals surface area contributed by atoms with Crippen LogP contribution < -0.4 is 4.90 Å². The highest BCUT2D eigenvalue weighted by Crippen LogP contribution is 2.22. The van der Waals surface area contributed by atoms with Crippen LogP contribution in [0.1, 0.15) is 9.67 Å². The van der Waals surface area contributed by atoms with Gasteiger partial charge in [0.1, 0.15) is 10.7 Å². The van der Waals surface area contributed by atoms with Gasteiger partial charge >= 0.3 is 5.97 Å². The van der Waals surface area contributed by atoms with Gasteiger partial charge in [0.2, 0.25) is 0 Å². The molecule has 8 heteroatoms. The molecule has 0 aliphatic carbocycles. The Morgan fingerprint density at radius 1 is 1.04 bits per heavy atom. The second-order valence-corrected chi connectivity index (χ2v) is 7.27. The van der Waals surface area contributed by atoms with Gasteiger partial charge in [-0.3, -0.25) is 4.79 Å². The van der Waals surface area contributed by atoms with Gasteiger partial charge in [0.05, 0.1) is 5.69 Å². The average Bonchev–Trinajstić information content (AvgIpc) is 3.44. The first kappa shape index (κ1) is 18.2. The van der Waals surface area contributed by atoms with E-state index in [-0.39, 0.29) is 12.5 Å². The Balaban J connectivity index is 1.30. The van der Waals surface area contributed by atoms with Gasteiger partial charge in [0.25, 0.3) is 5.91 Å². The lowest BCUT2D eigenvalue weighted by molar-refractivity contribution is -0.134. The minimum Gasteiger partial charge on any atom is -0.451 e. The Hall–Kier alpha value is -3.13. The molecule has 1 saturated heterocycles. The molecule has 0 bridgehead atoms. The lowest BCUT2D eigenvalue weighted by Crippen LogP contribution is -2.50. The molecule has 4 rings (SSSR count). The first-order valence-electron chi connectivity index (χ1n) is 9.04. The topological polar surface area (TPSA) is 67.7 Å². The van der Waals surface area contributed by atoms with Crippen molar-refractivity contribution in [2.45, 2.75) is 0 Å². The Bertz CT molecular complexity index is 932. The molecule has 3 aromatic heterocycles. The van der Waals surface area contributed by atoms with Crippen LogP contribution in [0.2, 0.25) is 0 Å². The molecule has 28 heavy (non-hydrogen) atoms. The first-order valence-corrected chi connectivity index (χ1v) is 9.92. The van der Waals surface area contributed by atoms with E-state index < -0.39 is 5.97 Å². The third-order valence-electron chi connectivity index (χ3n) is 4.64. The number of piperazine rings is 1. The number of amides is 1. The minimum absolute atomic E-state index is 0.173. The summed E-state index contributed by atoms with van der Waals surface area (Å²) >= 11 is 1.31. The molecule has 0 radical (unpaired) electrons. The predicted octanol–water partition coefficient (Wildman–Crippen LogP) is 2.44. The summed E-state index contributed by atoms with van der Waals surface area (Å²) in [6.07, 6.45) is 5.50. The summed E-state index contributed by atoms with van der Waals surface area (Å²) in [5, 5.41) is 1.84. The van der Waals surface area contributed by atoms with Crippen molar-refractivity contribution in [1.29, 1.82) is 0 Å². The van der Waals surface area contributed by atoms with Crippen molar-refractivity contribution in [2.24, 2.45) is 0 Å². The van der Waals surface area contributed by atoms with E-state index in [1.54, 1.807) is 11.1 Å². The molecule has 3 aromatic rings. The van der Waals surface area contributed by atoms with Crippen LogP contribution in [0.4, 0.5) is 5.82 Å². The average molecular weight is 396 g/mol. The van der Waals surface area contributed by atoms with Gasteiger partial charge < -0.3 is 19.1 Å². The fourth-order valence-electron chi connectivity index (χ4n) is 3.16. The molecular weight excluding hydrogens is 376 g/mol. The van der Waals surface area contributed by atoms with E-state index >= 15 is 0 Å². The highest BCUT2D eigenvalue weighted by atomic mass is 32.1. The summed E-state index contributed by atoms with van der Waals surface area (Å²) in [6.45, 7) is 2.34. The summed E-state index contributed by atoms with van der Waals surface area (Å²) in [4.78, 5) is 33.6. The van der Waals surface area contributed by atoms with Gasteiger partial charge in [0.15, 0.2) is 6.61 Å². The van der Waals surface area contributed by atoms with Crippen molar-refractivity contribution in [3.05, 3.63) is 65.2 Å². The van der Waals surface area contributed by atoms with Crippen molar-refractivity contribution < 1.29 is 14.3 Å². The number of esters is 1. The van der Waals surface area contributed by atoms with E-state index in [1.165, 1.54) is 11.3 Å². The number of hydrogen-bond acceptors (Lipinski definition) is 6. The smallest absolute Gasteiger partial charge is 0.350 e. The summed E-state index contributed by atoms with van der Waals surface area (Å²) in [5.41, 5.74) is 0.761. The first-order chi connectivity index (χ1) is 13.7. The minimum atomic E-state index is -0.473. The van der Waals surface area contributed by atoms with Gasteiger partial charge in [0, 0.05) is 44.8 Å². The maximum Gasteiger partial charge on any atom is 0.350 e. The van der Waals surface area contributed by atoms with E-state index in [2.05, 4.69) is 9.88 Å². The largest absolute Gasteiger partial charge is 0.451 e. The molecule has 0 atom stereocenters. The van der Waals surface area contributed by atoms with Gasteiger partial charge in [-0.25, -0.2) is 9.78 Å². The maximum atomic E-state index is 12.4. The zero-order chi connectivity index (χ0) is 19.3. The third-order valence-corrected chi connectivity index (χ3v) is 5.53. The van der Waals surface area contributed by atoms with Gasteiger partial charge in [-0.1, -0.05) is 6.07 Å². The quantitative estimate of drug-likeness (QED) is 0.620. The number of rotatable bonds is 5. The molecule has 4 heterocycles. The normalized spacial score (nSPS) is 14.1. The predicted molar refractivity (Wildman–Crippen MR) is 107 cm³/mol. The standard InChI is InChI=1S/C20H20N4O3S/c25-18(24-12-10-23(11-13-24)17-5-1-2-7-21-17)15-27-20(26)19-16(6-14-28-19)22-8-3-4-9-22/h1-9,14H,10-13,15H2. The van der Waals surface area contributed by atoms with Gasteiger partial charge in [-0.2, -0.15) is 0 Å². The third kappa shape index (κ3) is 3.91. The number of thiophene rings is 1. The summed E-state index contributed by atoms with van der Waals surface area (Å²) in [6, 6.07) is 11.4. The maximum absolute atomic E-state index is 12.4. The molecular formula is C20H20N4O3S. The van der Waals surface area contributed by atoms with Gasteiger partial charge in [-0.15, -0.1) is 11.3 Å². The molecule has 7 nitrogen and oxygen atoms in total. The highest BCUT2D eigenvalue weighted by Gasteiger charge is 2.23. The number of aromatic nitrogens is 2. The Morgan fingerprint density at radius 3 is 2.54 bits per heavy atom. The zero-order valence-electron chi connectivity index (χ0n) is 15.2. The molecule has 0 N–H and O–H groups in total. The van der Waals surface area contributed by atoms with E-state index in [1.807, 2.05) is 58.7 Å². The number of pyridine rings is 1. The highest BCUT2D eigenvalue weighted by molar-refractivity contribution is 7.12.